The lowest BCUT2D eigenvalue weighted by Crippen LogP contribution is -2.34. The van der Waals surface area contributed by atoms with Crippen LogP contribution in [0.1, 0.15) is 43.2 Å². The molecule has 1 aromatic heterocycles. The van der Waals surface area contributed by atoms with Gasteiger partial charge in [0.05, 0.1) is 12.3 Å². The highest BCUT2D eigenvalue weighted by atomic mass is 16.5. The zero-order valence-electron chi connectivity index (χ0n) is 11.6. The summed E-state index contributed by atoms with van der Waals surface area (Å²) in [6, 6.07) is 0. The van der Waals surface area contributed by atoms with E-state index in [1.807, 2.05) is 27.7 Å². The molecular weight excluding hydrogens is 232 g/mol. The van der Waals surface area contributed by atoms with E-state index < -0.39 is 0 Å². The van der Waals surface area contributed by atoms with Gasteiger partial charge in [-0.1, -0.05) is 12.1 Å². The van der Waals surface area contributed by atoms with Crippen molar-refractivity contribution < 1.29 is 14.4 Å². The first-order valence-electron chi connectivity index (χ1n) is 6.32. The Morgan fingerprint density at radius 3 is 2.61 bits per heavy atom. The predicted octanol–water partition coefficient (Wildman–Crippen LogP) is 1.63. The second kappa shape index (κ2) is 6.54. The average Bonchev–Trinajstić information content (AvgIpc) is 2.65. The lowest BCUT2D eigenvalue weighted by Gasteiger charge is -2.21. The van der Waals surface area contributed by atoms with Crippen LogP contribution in [0.25, 0.3) is 0 Å². The largest absolute Gasteiger partial charge is 0.395 e. The molecule has 5 heteroatoms. The Hall–Kier alpha value is -1.36. The molecule has 0 saturated heterocycles. The minimum Gasteiger partial charge on any atom is -0.395 e. The van der Waals surface area contributed by atoms with E-state index in [9.17, 15) is 4.79 Å². The van der Waals surface area contributed by atoms with E-state index in [1.54, 1.807) is 4.90 Å². The molecule has 0 spiro atoms. The van der Waals surface area contributed by atoms with Crippen molar-refractivity contribution in [2.75, 3.05) is 19.7 Å². The zero-order chi connectivity index (χ0) is 13.7. The second-order valence-corrected chi connectivity index (χ2v) is 4.54. The Morgan fingerprint density at radius 1 is 1.50 bits per heavy atom. The summed E-state index contributed by atoms with van der Waals surface area (Å²) in [5.74, 6) is 0.911. The molecule has 1 amide bonds. The first kappa shape index (κ1) is 14.7. The van der Waals surface area contributed by atoms with Crippen molar-refractivity contribution in [3.05, 3.63) is 17.0 Å². The van der Waals surface area contributed by atoms with Gasteiger partial charge in [-0.25, -0.2) is 0 Å². The summed E-state index contributed by atoms with van der Waals surface area (Å²) >= 11 is 0. The second-order valence-electron chi connectivity index (χ2n) is 4.54. The fraction of sp³-hybridized carbons (Fsp3) is 0.692. The van der Waals surface area contributed by atoms with E-state index in [-0.39, 0.29) is 18.4 Å². The fourth-order valence-electron chi connectivity index (χ4n) is 2.27. The van der Waals surface area contributed by atoms with Gasteiger partial charge in [0.25, 0.3) is 0 Å². The van der Waals surface area contributed by atoms with Crippen LogP contribution in [0.15, 0.2) is 4.52 Å². The molecule has 0 fully saturated rings. The molecule has 1 unspecified atom stereocenters. The zero-order valence-corrected chi connectivity index (χ0v) is 11.6. The van der Waals surface area contributed by atoms with Crippen LogP contribution < -0.4 is 0 Å². The topological polar surface area (TPSA) is 66.6 Å². The Labute approximate surface area is 108 Å². The van der Waals surface area contributed by atoms with Gasteiger partial charge in [0.2, 0.25) is 5.91 Å². The molecule has 0 aliphatic rings. The van der Waals surface area contributed by atoms with Crippen LogP contribution in [0.4, 0.5) is 0 Å². The molecule has 0 saturated carbocycles. The summed E-state index contributed by atoms with van der Waals surface area (Å²) in [6.07, 6.45) is 0.413. The van der Waals surface area contributed by atoms with Crippen molar-refractivity contribution >= 4 is 5.91 Å². The van der Waals surface area contributed by atoms with Gasteiger partial charge >= 0.3 is 0 Å². The number of aromatic nitrogens is 1. The maximum atomic E-state index is 12.1. The number of amides is 1. The van der Waals surface area contributed by atoms with Gasteiger partial charge in [0, 0.05) is 25.1 Å². The van der Waals surface area contributed by atoms with Gasteiger partial charge in [-0.05, 0) is 26.7 Å². The maximum absolute atomic E-state index is 12.1. The van der Waals surface area contributed by atoms with Crippen molar-refractivity contribution in [3.63, 3.8) is 0 Å². The number of nitrogens with zero attached hydrogens (tertiary/aromatic N) is 2. The van der Waals surface area contributed by atoms with E-state index in [4.69, 9.17) is 9.63 Å². The number of carbonyl (C=O) groups excluding carboxylic acids is 1. The smallest absolute Gasteiger partial charge is 0.223 e. The molecule has 1 N–H and O–H groups in total. The summed E-state index contributed by atoms with van der Waals surface area (Å²) in [5, 5.41) is 12.8. The summed E-state index contributed by atoms with van der Waals surface area (Å²) in [7, 11) is 0. The predicted molar refractivity (Wildman–Crippen MR) is 68.3 cm³/mol. The quantitative estimate of drug-likeness (QED) is 0.837. The molecule has 102 valence electrons. The van der Waals surface area contributed by atoms with Gasteiger partial charge < -0.3 is 14.5 Å². The Balaban J connectivity index is 2.70. The molecule has 1 heterocycles. The van der Waals surface area contributed by atoms with Crippen LogP contribution in [0, 0.1) is 13.8 Å². The molecule has 1 rings (SSSR count). The van der Waals surface area contributed by atoms with E-state index in [1.165, 1.54) is 0 Å². The number of aliphatic hydroxyl groups is 1. The molecule has 0 aliphatic carbocycles. The Morgan fingerprint density at radius 2 is 2.17 bits per heavy atom. The minimum absolute atomic E-state index is 0.000712. The van der Waals surface area contributed by atoms with Gasteiger partial charge in [0.15, 0.2) is 0 Å². The first-order chi connectivity index (χ1) is 8.51. The number of carbonyl (C=O) groups is 1. The summed E-state index contributed by atoms with van der Waals surface area (Å²) in [4.78, 5) is 13.7. The summed E-state index contributed by atoms with van der Waals surface area (Å²) in [6.45, 7) is 8.67. The third kappa shape index (κ3) is 3.32. The molecule has 0 radical (unpaired) electrons. The van der Waals surface area contributed by atoms with Crippen LogP contribution in [-0.2, 0) is 4.79 Å². The van der Waals surface area contributed by atoms with Crippen molar-refractivity contribution in [3.8, 4) is 0 Å². The first-order valence-corrected chi connectivity index (χ1v) is 6.32. The molecule has 1 aromatic rings. The number of aryl methyl sites for hydroxylation is 2. The third-order valence-electron chi connectivity index (χ3n) is 3.17. The van der Waals surface area contributed by atoms with Crippen molar-refractivity contribution in [2.45, 2.75) is 40.0 Å². The molecule has 18 heavy (non-hydrogen) atoms. The molecule has 0 aromatic carbocycles. The van der Waals surface area contributed by atoms with Crippen molar-refractivity contribution in [1.29, 1.82) is 0 Å². The summed E-state index contributed by atoms with van der Waals surface area (Å²) < 4.78 is 5.12. The highest BCUT2D eigenvalue weighted by Gasteiger charge is 2.21. The molecule has 5 nitrogen and oxygen atoms in total. The van der Waals surface area contributed by atoms with Crippen molar-refractivity contribution in [1.82, 2.24) is 10.1 Å². The monoisotopic (exact) mass is 254 g/mol. The Bertz CT molecular complexity index is 381. The lowest BCUT2D eigenvalue weighted by molar-refractivity contribution is -0.131. The maximum Gasteiger partial charge on any atom is 0.223 e. The lowest BCUT2D eigenvalue weighted by atomic mass is 9.95. The third-order valence-corrected chi connectivity index (χ3v) is 3.17. The van der Waals surface area contributed by atoms with Gasteiger partial charge in [-0.2, -0.15) is 0 Å². The SMILES string of the molecule is CCN(CCO)C(=O)CC(C)c1c(C)noc1C. The van der Waals surface area contributed by atoms with Crippen LogP contribution in [0.3, 0.4) is 0 Å². The van der Waals surface area contributed by atoms with Gasteiger partial charge in [-0.3, -0.25) is 4.79 Å². The molecular formula is C13H22N2O3. The van der Waals surface area contributed by atoms with E-state index in [0.717, 1.165) is 17.0 Å². The van der Waals surface area contributed by atoms with E-state index in [0.29, 0.717) is 19.5 Å². The molecule has 1 atom stereocenters. The van der Waals surface area contributed by atoms with E-state index >= 15 is 0 Å². The van der Waals surface area contributed by atoms with Crippen LogP contribution >= 0.6 is 0 Å². The number of hydrogen-bond donors (Lipinski definition) is 1. The fourth-order valence-corrected chi connectivity index (χ4v) is 2.27. The Kier molecular flexibility index (Phi) is 5.34. The molecule has 0 bridgehead atoms. The highest BCUT2D eigenvalue weighted by molar-refractivity contribution is 5.77. The van der Waals surface area contributed by atoms with Crippen LogP contribution in [0.2, 0.25) is 0 Å². The van der Waals surface area contributed by atoms with E-state index in [2.05, 4.69) is 5.16 Å². The number of hydrogen-bond acceptors (Lipinski definition) is 4. The van der Waals surface area contributed by atoms with Crippen LogP contribution in [-0.4, -0.2) is 40.8 Å². The molecule has 0 aliphatic heterocycles. The normalized spacial score (nSPS) is 12.5. The minimum atomic E-state index is -0.000712. The highest BCUT2D eigenvalue weighted by Crippen LogP contribution is 2.26. The number of rotatable bonds is 6. The number of likely N-dealkylation sites (N-methyl/N-ethyl adjacent to an activating group) is 1. The van der Waals surface area contributed by atoms with Gasteiger partial charge in [0.1, 0.15) is 5.76 Å². The standard InChI is InChI=1S/C13H22N2O3/c1-5-15(6-7-16)12(17)8-9(2)13-10(3)14-18-11(13)4/h9,16H,5-8H2,1-4H3. The summed E-state index contributed by atoms with van der Waals surface area (Å²) in [5.41, 5.74) is 1.86. The van der Waals surface area contributed by atoms with Gasteiger partial charge in [-0.15, -0.1) is 0 Å². The van der Waals surface area contributed by atoms with Crippen LogP contribution in [0.5, 0.6) is 0 Å². The van der Waals surface area contributed by atoms with Crippen molar-refractivity contribution in [2.24, 2.45) is 0 Å². The number of aliphatic hydroxyl groups excluding tert-OH is 1. The average molecular weight is 254 g/mol.